The van der Waals surface area contributed by atoms with Gasteiger partial charge < -0.3 is 9.72 Å². The Morgan fingerprint density at radius 3 is 2.73 bits per heavy atom. The van der Waals surface area contributed by atoms with Crippen molar-refractivity contribution in [2.75, 3.05) is 13.7 Å². The van der Waals surface area contributed by atoms with Crippen LogP contribution >= 0.6 is 0 Å². The SMILES string of the molecule is C=C1C(c2ccccc2C(F)(F)F)CCCN1/N=C(\C)c1cc2c(OC)c(C#N)ccc2[nH]1. The minimum Gasteiger partial charge on any atom is -0.495 e. The molecule has 1 aliphatic heterocycles. The van der Waals surface area contributed by atoms with Crippen LogP contribution in [0, 0.1) is 11.3 Å². The van der Waals surface area contributed by atoms with Gasteiger partial charge in [0.2, 0.25) is 0 Å². The molecule has 0 bridgehead atoms. The molecule has 0 radical (unpaired) electrons. The molecular weight excluding hydrogens is 429 g/mol. The molecule has 0 saturated carbocycles. The van der Waals surface area contributed by atoms with Gasteiger partial charge in [-0.3, -0.25) is 5.01 Å². The van der Waals surface area contributed by atoms with Gasteiger partial charge >= 0.3 is 6.18 Å². The highest BCUT2D eigenvalue weighted by atomic mass is 19.4. The number of benzene rings is 2. The lowest BCUT2D eigenvalue weighted by molar-refractivity contribution is -0.138. The molecule has 1 aromatic heterocycles. The molecule has 0 aliphatic carbocycles. The highest BCUT2D eigenvalue weighted by molar-refractivity contribution is 6.03. The lowest BCUT2D eigenvalue weighted by atomic mass is 9.85. The summed E-state index contributed by atoms with van der Waals surface area (Å²) in [7, 11) is 1.51. The molecule has 4 rings (SSSR count). The second kappa shape index (κ2) is 8.66. The van der Waals surface area contributed by atoms with E-state index in [9.17, 15) is 18.4 Å². The summed E-state index contributed by atoms with van der Waals surface area (Å²) in [5.41, 5.74) is 2.74. The van der Waals surface area contributed by atoms with Gasteiger partial charge in [-0.2, -0.15) is 23.5 Å². The predicted octanol–water partition coefficient (Wildman–Crippen LogP) is 6.18. The summed E-state index contributed by atoms with van der Waals surface area (Å²) in [6, 6.07) is 13.1. The summed E-state index contributed by atoms with van der Waals surface area (Å²) >= 11 is 0. The van der Waals surface area contributed by atoms with Crippen molar-refractivity contribution in [2.24, 2.45) is 5.10 Å². The number of ether oxygens (including phenoxy) is 1. The molecule has 0 spiro atoms. The Morgan fingerprint density at radius 2 is 2.03 bits per heavy atom. The van der Waals surface area contributed by atoms with E-state index in [0.717, 1.165) is 22.7 Å². The molecule has 1 fully saturated rings. The number of piperidine rings is 1. The fourth-order valence-electron chi connectivity index (χ4n) is 4.36. The van der Waals surface area contributed by atoms with Gasteiger partial charge in [0.05, 0.1) is 29.6 Å². The van der Waals surface area contributed by atoms with E-state index in [1.807, 2.05) is 13.0 Å². The number of fused-ring (bicyclic) bond motifs is 1. The number of allylic oxidation sites excluding steroid dienone is 1. The molecule has 33 heavy (non-hydrogen) atoms. The third-order valence-corrected chi connectivity index (χ3v) is 5.98. The maximum Gasteiger partial charge on any atom is 0.416 e. The summed E-state index contributed by atoms with van der Waals surface area (Å²) in [6.45, 7) is 6.50. The molecule has 2 heterocycles. The summed E-state index contributed by atoms with van der Waals surface area (Å²) in [5, 5.41) is 16.4. The molecule has 170 valence electrons. The number of H-pyrrole nitrogens is 1. The number of hydrogen-bond donors (Lipinski definition) is 1. The summed E-state index contributed by atoms with van der Waals surface area (Å²) in [4.78, 5) is 3.27. The number of methoxy groups -OCH3 is 1. The Morgan fingerprint density at radius 1 is 1.27 bits per heavy atom. The Bertz CT molecular complexity index is 1280. The maximum atomic E-state index is 13.6. The second-order valence-corrected chi connectivity index (χ2v) is 7.98. The normalized spacial score (nSPS) is 17.3. The second-order valence-electron chi connectivity index (χ2n) is 7.98. The van der Waals surface area contributed by atoms with Crippen LogP contribution in [0.15, 0.2) is 59.8 Å². The van der Waals surface area contributed by atoms with E-state index in [0.29, 0.717) is 42.1 Å². The average Bonchev–Trinajstić information content (AvgIpc) is 3.23. The fourth-order valence-corrected chi connectivity index (χ4v) is 4.36. The van der Waals surface area contributed by atoms with Gasteiger partial charge in [-0.05, 0) is 49.6 Å². The van der Waals surface area contributed by atoms with Crippen molar-refractivity contribution in [1.82, 2.24) is 9.99 Å². The Hall–Kier alpha value is -3.73. The topological polar surface area (TPSA) is 64.4 Å². The standard InChI is InChI=1S/C25H23F3N4O/c1-15(23-13-20-22(30-23)11-10-17(14-29)24(20)33-3)31-32-12-6-8-18(16(32)2)19-7-4-5-9-21(19)25(26,27)28/h4-5,7,9-11,13,18,30H,2,6,8,12H2,1,3H3/b31-15+. The molecule has 0 amide bonds. The lowest BCUT2D eigenvalue weighted by Crippen LogP contribution is -2.29. The predicted molar refractivity (Wildman–Crippen MR) is 121 cm³/mol. The number of nitriles is 1. The highest BCUT2D eigenvalue weighted by Gasteiger charge is 2.37. The monoisotopic (exact) mass is 452 g/mol. The number of alkyl halides is 3. The first-order valence-corrected chi connectivity index (χ1v) is 10.5. The minimum absolute atomic E-state index is 0.229. The van der Waals surface area contributed by atoms with Crippen molar-refractivity contribution in [3.05, 3.63) is 77.1 Å². The van der Waals surface area contributed by atoms with Gasteiger partial charge in [0.1, 0.15) is 11.8 Å². The molecule has 2 aromatic carbocycles. The van der Waals surface area contributed by atoms with Crippen molar-refractivity contribution in [3.8, 4) is 11.8 Å². The van der Waals surface area contributed by atoms with E-state index in [2.05, 4.69) is 22.7 Å². The molecule has 5 nitrogen and oxygen atoms in total. The zero-order valence-electron chi connectivity index (χ0n) is 18.3. The number of halogens is 3. The van der Waals surface area contributed by atoms with E-state index in [1.54, 1.807) is 23.2 Å². The fraction of sp³-hybridized carbons (Fsp3) is 0.280. The molecule has 1 atom stereocenters. The zero-order valence-corrected chi connectivity index (χ0v) is 18.3. The van der Waals surface area contributed by atoms with E-state index < -0.39 is 17.7 Å². The van der Waals surface area contributed by atoms with Crippen LogP contribution in [0.4, 0.5) is 13.2 Å². The minimum atomic E-state index is -4.43. The van der Waals surface area contributed by atoms with Crippen LogP contribution in [-0.2, 0) is 6.18 Å². The first kappa shape index (κ1) is 22.5. The van der Waals surface area contributed by atoms with Gasteiger partial charge in [0.15, 0.2) is 0 Å². The van der Waals surface area contributed by atoms with Gasteiger partial charge in [0.25, 0.3) is 0 Å². The molecule has 1 N–H and O–H groups in total. The number of aromatic nitrogens is 1. The van der Waals surface area contributed by atoms with E-state index >= 15 is 0 Å². The van der Waals surface area contributed by atoms with Crippen molar-refractivity contribution in [1.29, 1.82) is 5.26 Å². The quantitative estimate of drug-likeness (QED) is 0.481. The maximum absolute atomic E-state index is 13.6. The first-order valence-electron chi connectivity index (χ1n) is 10.5. The van der Waals surface area contributed by atoms with Gasteiger partial charge in [0, 0.05) is 29.1 Å². The number of nitrogens with zero attached hydrogens (tertiary/aromatic N) is 3. The Kier molecular flexibility index (Phi) is 5.90. The molecule has 1 unspecified atom stereocenters. The number of nitrogens with one attached hydrogen (secondary N) is 1. The summed E-state index contributed by atoms with van der Waals surface area (Å²) < 4.78 is 46.1. The van der Waals surface area contributed by atoms with Crippen LogP contribution in [0.2, 0.25) is 0 Å². The van der Waals surface area contributed by atoms with E-state index in [4.69, 9.17) is 4.74 Å². The van der Waals surface area contributed by atoms with Crippen molar-refractivity contribution in [2.45, 2.75) is 31.9 Å². The molecular formula is C25H23F3N4O. The number of rotatable bonds is 4. The third kappa shape index (κ3) is 4.19. The number of hydrogen-bond acceptors (Lipinski definition) is 4. The largest absolute Gasteiger partial charge is 0.495 e. The first-order chi connectivity index (χ1) is 15.7. The van der Waals surface area contributed by atoms with Crippen LogP contribution in [0.1, 0.15) is 48.1 Å². The van der Waals surface area contributed by atoms with Crippen LogP contribution in [0.5, 0.6) is 5.75 Å². The highest BCUT2D eigenvalue weighted by Crippen LogP contribution is 2.41. The number of hydrazone groups is 1. The summed E-state index contributed by atoms with van der Waals surface area (Å²) in [6.07, 6.45) is -3.15. The molecule has 1 saturated heterocycles. The average molecular weight is 452 g/mol. The number of aromatic amines is 1. The van der Waals surface area contributed by atoms with Crippen molar-refractivity contribution in [3.63, 3.8) is 0 Å². The molecule has 1 aliphatic rings. The van der Waals surface area contributed by atoms with Gasteiger partial charge in [-0.1, -0.05) is 24.8 Å². The Labute approximate surface area is 189 Å². The smallest absolute Gasteiger partial charge is 0.416 e. The third-order valence-electron chi connectivity index (χ3n) is 5.98. The van der Waals surface area contributed by atoms with E-state index in [-0.39, 0.29) is 5.56 Å². The lowest BCUT2D eigenvalue weighted by Gasteiger charge is -2.34. The molecule has 3 aromatic rings. The van der Waals surface area contributed by atoms with Crippen LogP contribution in [0.3, 0.4) is 0 Å². The summed E-state index contributed by atoms with van der Waals surface area (Å²) in [5.74, 6) is 0.0191. The van der Waals surface area contributed by atoms with Gasteiger partial charge in [-0.25, -0.2) is 0 Å². The Balaban J connectivity index is 1.66. The van der Waals surface area contributed by atoms with E-state index in [1.165, 1.54) is 19.2 Å². The van der Waals surface area contributed by atoms with Crippen molar-refractivity contribution < 1.29 is 17.9 Å². The molecule has 8 heteroatoms. The van der Waals surface area contributed by atoms with Crippen LogP contribution in [0.25, 0.3) is 10.9 Å². The van der Waals surface area contributed by atoms with Crippen molar-refractivity contribution >= 4 is 16.6 Å². The van der Waals surface area contributed by atoms with Crippen LogP contribution in [-0.4, -0.2) is 29.4 Å². The zero-order chi connectivity index (χ0) is 23.8. The van der Waals surface area contributed by atoms with Crippen LogP contribution < -0.4 is 4.74 Å². The van der Waals surface area contributed by atoms with Gasteiger partial charge in [-0.15, -0.1) is 0 Å².